The summed E-state index contributed by atoms with van der Waals surface area (Å²) in [5, 5.41) is 12.2. The molecule has 0 saturated heterocycles. The van der Waals surface area contributed by atoms with E-state index in [1.54, 1.807) is 0 Å². The number of hydrogen-bond donors (Lipinski definition) is 1. The Morgan fingerprint density at radius 3 is 1.82 bits per heavy atom. The summed E-state index contributed by atoms with van der Waals surface area (Å²) >= 11 is 0. The second kappa shape index (κ2) is 5.13. The maximum absolute atomic E-state index is 12.0. The second-order valence-electron chi connectivity index (χ2n) is 4.45. The van der Waals surface area contributed by atoms with E-state index in [0.717, 1.165) is 11.3 Å². The lowest BCUT2D eigenvalue weighted by atomic mass is 10.1. The maximum atomic E-state index is 12.0. The highest BCUT2D eigenvalue weighted by Crippen LogP contribution is 2.06. The molecule has 88 valence electrons. The van der Waals surface area contributed by atoms with Crippen LogP contribution in [0, 0.1) is 19.1 Å². The minimum atomic E-state index is 0.175. The molecule has 2 aromatic rings. The standard InChI is InChI=1S/C15H17NO/c1-12-3-7-14(8-4-12)11-16(17)15-9-5-13(2)6-10-15/h3-10,16H,11H2,1-2H3. The third-order valence-corrected chi connectivity index (χ3v) is 2.86. The number of quaternary nitrogens is 1. The summed E-state index contributed by atoms with van der Waals surface area (Å²) in [6, 6.07) is 15.8. The van der Waals surface area contributed by atoms with Crippen LogP contribution >= 0.6 is 0 Å². The first-order valence-electron chi connectivity index (χ1n) is 5.80. The summed E-state index contributed by atoms with van der Waals surface area (Å²) in [4.78, 5) is 0. The Bertz CT molecular complexity index is 473. The first-order chi connectivity index (χ1) is 8.15. The molecule has 1 atom stereocenters. The summed E-state index contributed by atoms with van der Waals surface area (Å²) in [6.07, 6.45) is 0. The molecular weight excluding hydrogens is 210 g/mol. The van der Waals surface area contributed by atoms with Crippen LogP contribution < -0.4 is 5.06 Å². The Morgan fingerprint density at radius 2 is 1.29 bits per heavy atom. The van der Waals surface area contributed by atoms with Gasteiger partial charge in [-0.1, -0.05) is 47.5 Å². The van der Waals surface area contributed by atoms with Crippen molar-refractivity contribution < 1.29 is 5.06 Å². The molecule has 1 N–H and O–H groups in total. The Hall–Kier alpha value is -1.64. The molecule has 0 radical (unpaired) electrons. The monoisotopic (exact) mass is 227 g/mol. The van der Waals surface area contributed by atoms with Gasteiger partial charge >= 0.3 is 0 Å². The molecule has 0 spiro atoms. The van der Waals surface area contributed by atoms with Crippen LogP contribution in [0.5, 0.6) is 0 Å². The van der Waals surface area contributed by atoms with Crippen molar-refractivity contribution in [2.45, 2.75) is 20.4 Å². The van der Waals surface area contributed by atoms with E-state index < -0.39 is 0 Å². The lowest BCUT2D eigenvalue weighted by Crippen LogP contribution is -3.00. The van der Waals surface area contributed by atoms with Crippen molar-refractivity contribution >= 4 is 5.69 Å². The number of rotatable bonds is 3. The van der Waals surface area contributed by atoms with Crippen molar-refractivity contribution in [3.8, 4) is 0 Å². The van der Waals surface area contributed by atoms with Gasteiger partial charge in [0.15, 0.2) is 0 Å². The topological polar surface area (TPSA) is 27.5 Å². The Labute approximate surface area is 102 Å². The number of nitrogens with one attached hydrogen (secondary N) is 1. The highest BCUT2D eigenvalue weighted by Gasteiger charge is 2.03. The number of hydrogen-bond acceptors (Lipinski definition) is 1. The number of aryl methyl sites for hydroxylation is 2. The van der Waals surface area contributed by atoms with E-state index in [4.69, 9.17) is 0 Å². The van der Waals surface area contributed by atoms with Gasteiger partial charge < -0.3 is 10.3 Å². The molecule has 0 amide bonds. The maximum Gasteiger partial charge on any atom is 0.131 e. The summed E-state index contributed by atoms with van der Waals surface area (Å²) in [7, 11) is 0. The van der Waals surface area contributed by atoms with Gasteiger partial charge in [-0.05, 0) is 26.0 Å². The Morgan fingerprint density at radius 1 is 0.824 bits per heavy atom. The lowest BCUT2D eigenvalue weighted by Gasteiger charge is -2.22. The molecule has 0 fully saturated rings. The molecule has 0 bridgehead atoms. The zero-order chi connectivity index (χ0) is 12.3. The van der Waals surface area contributed by atoms with Gasteiger partial charge in [0.1, 0.15) is 12.2 Å². The predicted molar refractivity (Wildman–Crippen MR) is 70.1 cm³/mol. The Kier molecular flexibility index (Phi) is 3.57. The molecule has 0 aliphatic carbocycles. The van der Waals surface area contributed by atoms with E-state index >= 15 is 0 Å². The van der Waals surface area contributed by atoms with Gasteiger partial charge in [0.05, 0.1) is 0 Å². The third kappa shape index (κ3) is 3.16. The summed E-state index contributed by atoms with van der Waals surface area (Å²) in [5.41, 5.74) is 4.26. The van der Waals surface area contributed by atoms with Crippen LogP contribution in [0.2, 0.25) is 0 Å². The van der Waals surface area contributed by atoms with Crippen molar-refractivity contribution in [3.63, 3.8) is 0 Å². The average molecular weight is 227 g/mol. The van der Waals surface area contributed by atoms with Crippen LogP contribution in [0.3, 0.4) is 0 Å². The van der Waals surface area contributed by atoms with E-state index in [9.17, 15) is 5.21 Å². The minimum absolute atomic E-state index is 0.175. The summed E-state index contributed by atoms with van der Waals surface area (Å²) < 4.78 is 0. The fraction of sp³-hybridized carbons (Fsp3) is 0.200. The molecule has 0 heterocycles. The largest absolute Gasteiger partial charge is 0.629 e. The smallest absolute Gasteiger partial charge is 0.131 e. The molecule has 2 aromatic carbocycles. The van der Waals surface area contributed by atoms with Gasteiger partial charge in [0, 0.05) is 5.56 Å². The molecule has 0 aromatic heterocycles. The van der Waals surface area contributed by atoms with Crippen LogP contribution in [-0.4, -0.2) is 0 Å². The van der Waals surface area contributed by atoms with E-state index in [-0.39, 0.29) is 5.06 Å². The number of benzene rings is 2. The van der Waals surface area contributed by atoms with E-state index in [1.165, 1.54) is 11.1 Å². The average Bonchev–Trinajstić information content (AvgIpc) is 2.33. The third-order valence-electron chi connectivity index (χ3n) is 2.86. The zero-order valence-corrected chi connectivity index (χ0v) is 10.2. The van der Waals surface area contributed by atoms with Crippen LogP contribution in [0.1, 0.15) is 16.7 Å². The van der Waals surface area contributed by atoms with E-state index in [2.05, 4.69) is 0 Å². The second-order valence-corrected chi connectivity index (χ2v) is 4.45. The quantitative estimate of drug-likeness (QED) is 0.802. The minimum Gasteiger partial charge on any atom is -0.629 e. The van der Waals surface area contributed by atoms with Crippen LogP contribution in [0.4, 0.5) is 5.69 Å². The first kappa shape index (κ1) is 11.8. The van der Waals surface area contributed by atoms with Gasteiger partial charge in [-0.25, -0.2) is 0 Å². The lowest BCUT2D eigenvalue weighted by molar-refractivity contribution is -0.791. The predicted octanol–water partition coefficient (Wildman–Crippen LogP) is 2.52. The van der Waals surface area contributed by atoms with Crippen molar-refractivity contribution in [1.29, 1.82) is 0 Å². The van der Waals surface area contributed by atoms with Crippen LogP contribution in [-0.2, 0) is 6.54 Å². The zero-order valence-electron chi connectivity index (χ0n) is 10.2. The van der Waals surface area contributed by atoms with Gasteiger partial charge in [0.2, 0.25) is 0 Å². The molecule has 1 unspecified atom stereocenters. The van der Waals surface area contributed by atoms with Crippen molar-refractivity contribution in [1.82, 2.24) is 0 Å². The molecule has 0 saturated carbocycles. The van der Waals surface area contributed by atoms with Gasteiger partial charge in [-0.15, -0.1) is 0 Å². The number of hydroxylamine groups is 1. The highest BCUT2D eigenvalue weighted by atomic mass is 16.5. The van der Waals surface area contributed by atoms with Crippen LogP contribution in [0.15, 0.2) is 48.5 Å². The van der Waals surface area contributed by atoms with E-state index in [1.807, 2.05) is 62.4 Å². The first-order valence-corrected chi connectivity index (χ1v) is 5.80. The Balaban J connectivity index is 2.08. The van der Waals surface area contributed by atoms with Gasteiger partial charge in [0.25, 0.3) is 0 Å². The summed E-state index contributed by atoms with van der Waals surface area (Å²) in [5.74, 6) is 0. The molecule has 17 heavy (non-hydrogen) atoms. The normalized spacial score (nSPS) is 12.4. The van der Waals surface area contributed by atoms with Crippen molar-refractivity contribution in [2.75, 3.05) is 0 Å². The molecule has 2 heteroatoms. The molecular formula is C15H17NO. The van der Waals surface area contributed by atoms with Gasteiger partial charge in [-0.2, -0.15) is 0 Å². The fourth-order valence-electron chi connectivity index (χ4n) is 1.73. The molecule has 0 aliphatic rings. The summed E-state index contributed by atoms with van der Waals surface area (Å²) in [6.45, 7) is 4.54. The highest BCUT2D eigenvalue weighted by molar-refractivity contribution is 5.32. The van der Waals surface area contributed by atoms with Crippen molar-refractivity contribution in [3.05, 3.63) is 70.4 Å². The molecule has 0 aliphatic heterocycles. The van der Waals surface area contributed by atoms with E-state index in [0.29, 0.717) is 6.54 Å². The molecule has 2 rings (SSSR count). The fourth-order valence-corrected chi connectivity index (χ4v) is 1.73. The van der Waals surface area contributed by atoms with Gasteiger partial charge in [-0.3, -0.25) is 0 Å². The van der Waals surface area contributed by atoms with Crippen LogP contribution in [0.25, 0.3) is 0 Å². The van der Waals surface area contributed by atoms with Crippen molar-refractivity contribution in [2.24, 2.45) is 0 Å². The molecule has 2 nitrogen and oxygen atoms in total. The SMILES string of the molecule is Cc1ccc(C[NH+]([O-])c2ccc(C)cc2)cc1.